The fourth-order valence-electron chi connectivity index (χ4n) is 5.36. The Labute approximate surface area is 235 Å². The van der Waals surface area contributed by atoms with Crippen LogP contribution in [0.25, 0.3) is 15.8 Å². The van der Waals surface area contributed by atoms with Crippen molar-refractivity contribution in [1.82, 2.24) is 4.98 Å². The van der Waals surface area contributed by atoms with Crippen molar-refractivity contribution in [1.29, 1.82) is 0 Å². The van der Waals surface area contributed by atoms with Gasteiger partial charge in [0.1, 0.15) is 16.6 Å². The average molecular weight is 559 g/mol. The maximum absolute atomic E-state index is 12.8. The summed E-state index contributed by atoms with van der Waals surface area (Å²) in [5.41, 5.74) is 5.70. The first kappa shape index (κ1) is 25.6. The molecule has 0 bridgehead atoms. The number of anilines is 1. The molecule has 1 aromatic carbocycles. The number of rotatable bonds is 7. The van der Waals surface area contributed by atoms with Crippen LogP contribution in [-0.4, -0.2) is 22.2 Å². The first-order valence-electron chi connectivity index (χ1n) is 13.0. The van der Waals surface area contributed by atoms with E-state index in [-0.39, 0.29) is 6.61 Å². The number of allylic oxidation sites excluding steroid dienone is 7. The Morgan fingerprint density at radius 3 is 2.28 bits per heavy atom. The smallest absolute Gasteiger partial charge is 0.412 e. The van der Waals surface area contributed by atoms with Gasteiger partial charge in [-0.3, -0.25) is 10.1 Å². The summed E-state index contributed by atoms with van der Waals surface area (Å²) in [5, 5.41) is 13.8. The summed E-state index contributed by atoms with van der Waals surface area (Å²) < 4.78 is 5.49. The van der Waals surface area contributed by atoms with E-state index in [4.69, 9.17) is 16.3 Å². The van der Waals surface area contributed by atoms with Crippen LogP contribution in [0.5, 0.6) is 0 Å². The number of pyridine rings is 1. The van der Waals surface area contributed by atoms with Crippen LogP contribution < -0.4 is 5.32 Å². The van der Waals surface area contributed by atoms with Gasteiger partial charge in [-0.1, -0.05) is 71.8 Å². The monoisotopic (exact) mass is 558 g/mol. The maximum atomic E-state index is 12.8. The van der Waals surface area contributed by atoms with E-state index in [9.17, 15) is 14.7 Å². The van der Waals surface area contributed by atoms with Gasteiger partial charge in [0.15, 0.2) is 0 Å². The predicted octanol–water partition coefficient (Wildman–Crippen LogP) is 8.31. The summed E-state index contributed by atoms with van der Waals surface area (Å²) in [6.07, 6.45) is 12.7. The summed E-state index contributed by atoms with van der Waals surface area (Å²) in [4.78, 5) is 30.6. The summed E-state index contributed by atoms with van der Waals surface area (Å²) in [6, 6.07) is 13.2. The number of amides is 1. The molecule has 39 heavy (non-hydrogen) atoms. The third kappa shape index (κ3) is 5.16. The fraction of sp³-hybridized carbons (Fsp3) is 0.258. The molecule has 0 spiro atoms. The first-order valence-corrected chi connectivity index (χ1v) is 14.2. The minimum atomic E-state index is -0.692. The number of ether oxygens (including phenoxy) is 1. The highest BCUT2D eigenvalue weighted by molar-refractivity contribution is 7.20. The van der Waals surface area contributed by atoms with Gasteiger partial charge in [-0.15, -0.1) is 11.3 Å². The molecule has 0 radical (unpaired) electrons. The normalized spacial score (nSPS) is 18.0. The molecule has 6 nitrogen and oxygen atoms in total. The topological polar surface area (TPSA) is 88.5 Å². The van der Waals surface area contributed by atoms with Crippen LogP contribution in [0, 0.1) is 5.41 Å². The van der Waals surface area contributed by atoms with Crippen LogP contribution >= 0.6 is 22.9 Å². The molecule has 1 amide bonds. The van der Waals surface area contributed by atoms with Crippen LogP contribution in [0.1, 0.15) is 49.0 Å². The third-order valence-corrected chi connectivity index (χ3v) is 9.12. The van der Waals surface area contributed by atoms with E-state index >= 15 is 0 Å². The Kier molecular flexibility index (Phi) is 6.87. The summed E-state index contributed by atoms with van der Waals surface area (Å²) >= 11 is 7.68. The second-order valence-electron chi connectivity index (χ2n) is 10.1. The zero-order valence-corrected chi connectivity index (χ0v) is 22.8. The van der Waals surface area contributed by atoms with E-state index in [0.717, 1.165) is 70.3 Å². The van der Waals surface area contributed by atoms with Crippen molar-refractivity contribution in [3.63, 3.8) is 0 Å². The predicted molar refractivity (Wildman–Crippen MR) is 155 cm³/mol. The molecular formula is C31H27ClN2O4S. The summed E-state index contributed by atoms with van der Waals surface area (Å²) in [6.45, 7) is 0.182. The minimum Gasteiger partial charge on any atom is -0.481 e. The molecule has 3 aliphatic carbocycles. The highest BCUT2D eigenvalue weighted by Gasteiger charge is 2.52. The second kappa shape index (κ2) is 10.5. The third-order valence-electron chi connectivity index (χ3n) is 7.74. The van der Waals surface area contributed by atoms with Gasteiger partial charge in [0.2, 0.25) is 0 Å². The van der Waals surface area contributed by atoms with Crippen molar-refractivity contribution >= 4 is 56.5 Å². The van der Waals surface area contributed by atoms with Gasteiger partial charge in [-0.25, -0.2) is 9.78 Å². The Hall–Kier alpha value is -3.68. The van der Waals surface area contributed by atoms with Crippen molar-refractivity contribution < 1.29 is 19.4 Å². The van der Waals surface area contributed by atoms with Gasteiger partial charge < -0.3 is 9.84 Å². The molecule has 8 heteroatoms. The van der Waals surface area contributed by atoms with Crippen LogP contribution in [0.2, 0.25) is 5.15 Å². The van der Waals surface area contributed by atoms with E-state index in [1.165, 1.54) is 22.5 Å². The summed E-state index contributed by atoms with van der Waals surface area (Å²) in [7, 11) is 0. The van der Waals surface area contributed by atoms with Crippen LogP contribution in [0.3, 0.4) is 0 Å². The molecule has 2 N–H and O–H groups in total. The number of nitrogens with zero attached hydrogens (tertiary/aromatic N) is 1. The van der Waals surface area contributed by atoms with Crippen molar-refractivity contribution in [2.45, 2.75) is 45.1 Å². The van der Waals surface area contributed by atoms with Gasteiger partial charge in [0.05, 0.1) is 16.0 Å². The minimum absolute atomic E-state index is 0.182. The zero-order chi connectivity index (χ0) is 27.0. The number of fused-ring (bicyclic) bond motifs is 1. The van der Waals surface area contributed by atoms with Gasteiger partial charge >= 0.3 is 12.1 Å². The number of thiophene rings is 1. The van der Waals surface area contributed by atoms with E-state index in [1.807, 2.05) is 42.5 Å². The number of aliphatic carboxylic acids is 1. The Morgan fingerprint density at radius 2 is 1.64 bits per heavy atom. The standard InChI is InChI=1S/C31H27ClN2O4S/c32-25-15-14-24-26(34-30(37)38-18-19-4-2-1-3-5-19)27(39-28(24)33-25)22-8-6-20(7-9-22)21-10-12-23(13-11-21)31(16-17-31)29(35)36/h1-6,8,10,12,14-15H,7,9,11,13,16-18H2,(H,34,37)(H,35,36). The number of carboxylic acid groups (broad SMARTS) is 1. The summed E-state index contributed by atoms with van der Waals surface area (Å²) in [5.74, 6) is -0.692. The molecular weight excluding hydrogens is 532 g/mol. The fourth-order valence-corrected chi connectivity index (χ4v) is 6.74. The lowest BCUT2D eigenvalue weighted by molar-refractivity contribution is -0.141. The number of aromatic nitrogens is 1. The van der Waals surface area contributed by atoms with Gasteiger partial charge in [0, 0.05) is 5.39 Å². The highest BCUT2D eigenvalue weighted by atomic mass is 35.5. The molecule has 198 valence electrons. The largest absolute Gasteiger partial charge is 0.481 e. The maximum Gasteiger partial charge on any atom is 0.412 e. The van der Waals surface area contributed by atoms with Gasteiger partial charge in [-0.05, 0) is 72.9 Å². The van der Waals surface area contributed by atoms with Crippen LogP contribution in [0.15, 0.2) is 83.5 Å². The lowest BCUT2D eigenvalue weighted by Crippen LogP contribution is -2.18. The first-order chi connectivity index (χ1) is 18.9. The quantitative estimate of drug-likeness (QED) is 0.285. The van der Waals surface area contributed by atoms with E-state index in [2.05, 4.69) is 28.5 Å². The lowest BCUT2D eigenvalue weighted by atomic mass is 9.82. The highest BCUT2D eigenvalue weighted by Crippen LogP contribution is 2.55. The number of hydrogen-bond donors (Lipinski definition) is 2. The molecule has 1 fully saturated rings. The van der Waals surface area contributed by atoms with Crippen molar-refractivity contribution in [2.75, 3.05) is 5.32 Å². The molecule has 0 atom stereocenters. The molecule has 3 aliphatic rings. The lowest BCUT2D eigenvalue weighted by Gasteiger charge is -2.23. The van der Waals surface area contributed by atoms with Crippen molar-refractivity contribution in [3.05, 3.63) is 99.1 Å². The Balaban J connectivity index is 1.24. The molecule has 3 aromatic rings. The molecule has 0 aliphatic heterocycles. The molecule has 0 saturated heterocycles. The average Bonchev–Trinajstić information content (AvgIpc) is 3.71. The molecule has 0 unspecified atom stereocenters. The SMILES string of the molecule is O=C(Nc1c(C2=CC=C(C3=CC=C(C4(C(=O)O)CC4)CC3)CC2)sc2nc(Cl)ccc12)OCc1ccccc1. The zero-order valence-electron chi connectivity index (χ0n) is 21.2. The van der Waals surface area contributed by atoms with Crippen molar-refractivity contribution in [3.8, 4) is 0 Å². The number of hydrogen-bond acceptors (Lipinski definition) is 5. The number of carbonyl (C=O) groups excluding carboxylic acids is 1. The number of carbonyl (C=O) groups is 2. The molecule has 2 aromatic heterocycles. The van der Waals surface area contributed by atoms with Gasteiger partial charge in [0.25, 0.3) is 0 Å². The van der Waals surface area contributed by atoms with Crippen LogP contribution in [-0.2, 0) is 16.1 Å². The Morgan fingerprint density at radius 1 is 0.949 bits per heavy atom. The molecule has 6 rings (SSSR count). The molecule has 2 heterocycles. The van der Waals surface area contributed by atoms with E-state index in [1.54, 1.807) is 6.07 Å². The van der Waals surface area contributed by atoms with Crippen LogP contribution in [0.4, 0.5) is 10.5 Å². The number of benzene rings is 1. The number of carboxylic acids is 1. The number of nitrogens with one attached hydrogen (secondary N) is 1. The van der Waals surface area contributed by atoms with Crippen molar-refractivity contribution in [2.24, 2.45) is 5.41 Å². The van der Waals surface area contributed by atoms with Gasteiger partial charge in [-0.2, -0.15) is 0 Å². The molecule has 1 saturated carbocycles. The second-order valence-corrected chi connectivity index (χ2v) is 11.5. The van der Waals surface area contributed by atoms with E-state index < -0.39 is 17.5 Å². The number of halogens is 1. The Bertz CT molecular complexity index is 1600. The van der Waals surface area contributed by atoms with E-state index in [0.29, 0.717) is 10.8 Å².